The predicted octanol–water partition coefficient (Wildman–Crippen LogP) is 1.94. The van der Waals surface area contributed by atoms with Crippen LogP contribution in [0.1, 0.15) is 39.2 Å². The minimum absolute atomic E-state index is 0.135. The average molecular weight is 308 g/mol. The van der Waals surface area contributed by atoms with Gasteiger partial charge < -0.3 is 20.5 Å². The Morgan fingerprint density at radius 2 is 2.09 bits per heavy atom. The van der Waals surface area contributed by atoms with Crippen LogP contribution in [0.5, 0.6) is 5.75 Å². The van der Waals surface area contributed by atoms with Crippen LogP contribution in [0, 0.1) is 0 Å². The second-order valence-corrected chi connectivity index (χ2v) is 5.99. The van der Waals surface area contributed by atoms with Crippen molar-refractivity contribution in [1.29, 1.82) is 0 Å². The highest BCUT2D eigenvalue weighted by atomic mass is 16.5. The van der Waals surface area contributed by atoms with Gasteiger partial charge in [-0.15, -0.1) is 0 Å². The van der Waals surface area contributed by atoms with Crippen LogP contribution in [0.3, 0.4) is 0 Å². The number of phenolic OH excluding ortho intramolecular Hbond substituents is 1. The highest BCUT2D eigenvalue weighted by molar-refractivity contribution is 5.96. The van der Waals surface area contributed by atoms with Gasteiger partial charge in [-0.25, -0.2) is 0 Å². The Balaban J connectivity index is 0.000000295. The summed E-state index contributed by atoms with van der Waals surface area (Å²) in [5.74, 6) is 0.321. The normalized spacial score (nSPS) is 14.4. The number of nitrogens with zero attached hydrogens (tertiary/aromatic N) is 1. The average Bonchev–Trinajstić information content (AvgIpc) is 2.84. The Morgan fingerprint density at radius 3 is 2.50 bits per heavy atom. The number of amides is 1. The largest absolute Gasteiger partial charge is 0.508 e. The number of aromatic hydroxyl groups is 1. The molecule has 0 aromatic heterocycles. The van der Waals surface area contributed by atoms with Crippen molar-refractivity contribution in [2.75, 3.05) is 11.4 Å². The monoisotopic (exact) mass is 308 g/mol. The zero-order chi connectivity index (χ0) is 16.8. The van der Waals surface area contributed by atoms with Gasteiger partial charge in [0, 0.05) is 25.2 Å². The lowest BCUT2D eigenvalue weighted by atomic mass is 10.1. The van der Waals surface area contributed by atoms with Gasteiger partial charge in [-0.2, -0.15) is 0 Å². The standard InChI is InChI=1S/C11H14N2O2.C5H10O2/c12-7-8-6-9(14)3-4-10(8)13-5-1-2-11(13)15;1-5(2,3)7-4-6/h3-4,6,14H,1-2,5,7,12H2;4H,1-3H3. The summed E-state index contributed by atoms with van der Waals surface area (Å²) in [4.78, 5) is 22.9. The zero-order valence-electron chi connectivity index (χ0n) is 13.3. The quantitative estimate of drug-likeness (QED) is 0.832. The molecule has 1 aromatic carbocycles. The lowest BCUT2D eigenvalue weighted by Gasteiger charge is -2.19. The van der Waals surface area contributed by atoms with E-state index in [2.05, 4.69) is 4.74 Å². The van der Waals surface area contributed by atoms with Gasteiger partial charge in [-0.1, -0.05) is 0 Å². The fourth-order valence-corrected chi connectivity index (χ4v) is 2.05. The lowest BCUT2D eigenvalue weighted by Crippen LogP contribution is -2.25. The maximum Gasteiger partial charge on any atom is 0.293 e. The fraction of sp³-hybridized carbons (Fsp3) is 0.500. The van der Waals surface area contributed by atoms with E-state index in [9.17, 15) is 14.7 Å². The molecule has 0 radical (unpaired) electrons. The Morgan fingerprint density at radius 1 is 1.41 bits per heavy atom. The van der Waals surface area contributed by atoms with Gasteiger partial charge in [-0.3, -0.25) is 9.59 Å². The molecule has 6 heteroatoms. The van der Waals surface area contributed by atoms with Crippen molar-refractivity contribution >= 4 is 18.1 Å². The number of ether oxygens (including phenoxy) is 1. The number of carbonyl (C=O) groups excluding carboxylic acids is 2. The van der Waals surface area contributed by atoms with Crippen molar-refractivity contribution in [2.45, 2.75) is 45.8 Å². The van der Waals surface area contributed by atoms with E-state index in [-0.39, 0.29) is 17.3 Å². The molecule has 3 N–H and O–H groups in total. The number of hydrogen-bond donors (Lipinski definition) is 2. The minimum atomic E-state index is -0.318. The van der Waals surface area contributed by atoms with E-state index in [1.54, 1.807) is 23.1 Å². The molecule has 1 aliphatic heterocycles. The van der Waals surface area contributed by atoms with Crippen LogP contribution in [0.25, 0.3) is 0 Å². The van der Waals surface area contributed by atoms with Gasteiger partial charge >= 0.3 is 0 Å². The van der Waals surface area contributed by atoms with Crippen molar-refractivity contribution < 1.29 is 19.4 Å². The summed E-state index contributed by atoms with van der Waals surface area (Å²) in [6, 6.07) is 4.95. The first-order valence-electron chi connectivity index (χ1n) is 7.22. The Hall–Kier alpha value is -2.08. The Labute approximate surface area is 130 Å². The van der Waals surface area contributed by atoms with Gasteiger partial charge in [0.15, 0.2) is 0 Å². The molecule has 1 amide bonds. The number of nitrogens with two attached hydrogens (primary N) is 1. The number of phenols is 1. The molecular formula is C16H24N2O4. The molecule has 1 saturated heterocycles. The maximum absolute atomic E-state index is 11.6. The van der Waals surface area contributed by atoms with E-state index < -0.39 is 0 Å². The lowest BCUT2D eigenvalue weighted by molar-refractivity contribution is -0.138. The fourth-order valence-electron chi connectivity index (χ4n) is 2.05. The molecule has 22 heavy (non-hydrogen) atoms. The van der Waals surface area contributed by atoms with Gasteiger partial charge in [0.25, 0.3) is 6.47 Å². The molecule has 0 unspecified atom stereocenters. The third kappa shape index (κ3) is 5.37. The highest BCUT2D eigenvalue weighted by Gasteiger charge is 2.23. The van der Waals surface area contributed by atoms with Gasteiger partial charge in [0.05, 0.1) is 0 Å². The number of carbonyl (C=O) groups is 2. The van der Waals surface area contributed by atoms with Crippen LogP contribution >= 0.6 is 0 Å². The number of anilines is 1. The highest BCUT2D eigenvalue weighted by Crippen LogP contribution is 2.28. The molecule has 1 fully saturated rings. The summed E-state index contributed by atoms with van der Waals surface area (Å²) in [6.07, 6.45) is 1.49. The topological polar surface area (TPSA) is 92.9 Å². The number of hydrogen-bond acceptors (Lipinski definition) is 5. The molecule has 1 aromatic rings. The summed E-state index contributed by atoms with van der Waals surface area (Å²) in [6.45, 7) is 6.99. The van der Waals surface area contributed by atoms with E-state index in [1.165, 1.54) is 0 Å². The number of rotatable bonds is 3. The molecule has 1 heterocycles. The van der Waals surface area contributed by atoms with E-state index in [0.717, 1.165) is 24.2 Å². The second kappa shape index (κ2) is 7.79. The minimum Gasteiger partial charge on any atom is -0.508 e. The predicted molar refractivity (Wildman–Crippen MR) is 84.5 cm³/mol. The van der Waals surface area contributed by atoms with E-state index in [4.69, 9.17) is 5.73 Å². The maximum atomic E-state index is 11.6. The zero-order valence-corrected chi connectivity index (χ0v) is 13.3. The summed E-state index contributed by atoms with van der Waals surface area (Å²) in [5.41, 5.74) is 6.91. The third-order valence-electron chi connectivity index (χ3n) is 3.05. The molecule has 0 aliphatic carbocycles. The summed E-state index contributed by atoms with van der Waals surface area (Å²) in [7, 11) is 0. The van der Waals surface area contributed by atoms with Crippen molar-refractivity contribution in [2.24, 2.45) is 5.73 Å². The molecule has 6 nitrogen and oxygen atoms in total. The summed E-state index contributed by atoms with van der Waals surface area (Å²) < 4.78 is 4.55. The van der Waals surface area contributed by atoms with Crippen LogP contribution in [0.2, 0.25) is 0 Å². The van der Waals surface area contributed by atoms with Crippen LogP contribution < -0.4 is 10.6 Å². The molecule has 0 saturated carbocycles. The smallest absolute Gasteiger partial charge is 0.293 e. The van der Waals surface area contributed by atoms with E-state index >= 15 is 0 Å². The van der Waals surface area contributed by atoms with Crippen molar-refractivity contribution in [3.63, 3.8) is 0 Å². The summed E-state index contributed by atoms with van der Waals surface area (Å²) >= 11 is 0. The molecule has 0 bridgehead atoms. The molecular weight excluding hydrogens is 284 g/mol. The molecule has 1 aliphatic rings. The van der Waals surface area contributed by atoms with Crippen LogP contribution in [-0.4, -0.2) is 29.6 Å². The van der Waals surface area contributed by atoms with Gasteiger partial charge in [-0.05, 0) is 51.0 Å². The first kappa shape index (κ1) is 18.0. The molecule has 0 atom stereocenters. The van der Waals surface area contributed by atoms with Crippen LogP contribution in [0.4, 0.5) is 5.69 Å². The molecule has 0 spiro atoms. The van der Waals surface area contributed by atoms with E-state index in [1.807, 2.05) is 20.8 Å². The molecule has 2 rings (SSSR count). The first-order chi connectivity index (χ1) is 10.3. The molecule has 122 valence electrons. The summed E-state index contributed by atoms with van der Waals surface area (Å²) in [5, 5.41) is 9.32. The third-order valence-corrected chi connectivity index (χ3v) is 3.05. The first-order valence-corrected chi connectivity index (χ1v) is 7.22. The second-order valence-electron chi connectivity index (χ2n) is 5.99. The van der Waals surface area contributed by atoms with E-state index in [0.29, 0.717) is 19.4 Å². The van der Waals surface area contributed by atoms with Gasteiger partial charge in [0.1, 0.15) is 11.4 Å². The Bertz CT molecular complexity index is 523. The van der Waals surface area contributed by atoms with Crippen molar-refractivity contribution in [1.82, 2.24) is 0 Å². The number of benzene rings is 1. The van der Waals surface area contributed by atoms with Gasteiger partial charge in [0.2, 0.25) is 5.91 Å². The Kier molecular flexibility index (Phi) is 6.37. The van der Waals surface area contributed by atoms with Crippen LogP contribution in [0.15, 0.2) is 18.2 Å². The van der Waals surface area contributed by atoms with Crippen molar-refractivity contribution in [3.8, 4) is 5.75 Å². The SMILES string of the molecule is CC(C)(C)OC=O.NCc1cc(O)ccc1N1CCCC1=O. The van der Waals surface area contributed by atoms with Crippen molar-refractivity contribution in [3.05, 3.63) is 23.8 Å². The van der Waals surface area contributed by atoms with Crippen LogP contribution in [-0.2, 0) is 20.9 Å².